The Morgan fingerprint density at radius 1 is 1.73 bits per heavy atom. The lowest BCUT2D eigenvalue weighted by Crippen LogP contribution is -2.14. The van der Waals surface area contributed by atoms with Crippen LogP contribution < -0.4 is 5.73 Å². The summed E-state index contributed by atoms with van der Waals surface area (Å²) in [6.45, 7) is 4.05. The van der Waals surface area contributed by atoms with E-state index in [4.69, 9.17) is 10.8 Å². The molecule has 0 amide bonds. The van der Waals surface area contributed by atoms with E-state index in [1.165, 1.54) is 0 Å². The van der Waals surface area contributed by atoms with Crippen molar-refractivity contribution >= 4 is 5.97 Å². The molecule has 3 N–H and O–H groups in total. The highest BCUT2D eigenvalue weighted by atomic mass is 16.4. The van der Waals surface area contributed by atoms with Crippen molar-refractivity contribution in [2.75, 3.05) is 6.54 Å². The lowest BCUT2D eigenvalue weighted by Gasteiger charge is -2.07. The summed E-state index contributed by atoms with van der Waals surface area (Å²) < 4.78 is 0. The minimum atomic E-state index is -0.752. The van der Waals surface area contributed by atoms with Crippen LogP contribution in [0, 0.1) is 5.92 Å². The van der Waals surface area contributed by atoms with Gasteiger partial charge in [0.05, 0.1) is 5.92 Å². The SMILES string of the molecule is C=CCC(CCCN)C(=O)O. The van der Waals surface area contributed by atoms with E-state index in [-0.39, 0.29) is 5.92 Å². The third-order valence-corrected chi connectivity index (χ3v) is 1.56. The van der Waals surface area contributed by atoms with Gasteiger partial charge in [-0.2, -0.15) is 0 Å². The predicted molar refractivity (Wildman–Crippen MR) is 44.2 cm³/mol. The molecule has 0 aromatic rings. The molecular weight excluding hydrogens is 142 g/mol. The van der Waals surface area contributed by atoms with Gasteiger partial charge < -0.3 is 10.8 Å². The predicted octanol–water partition coefficient (Wildman–Crippen LogP) is 1.00. The lowest BCUT2D eigenvalue weighted by atomic mass is 10.00. The highest BCUT2D eigenvalue weighted by Crippen LogP contribution is 2.10. The maximum absolute atomic E-state index is 10.5. The number of hydrogen-bond donors (Lipinski definition) is 2. The summed E-state index contributed by atoms with van der Waals surface area (Å²) in [5.74, 6) is -1.05. The first kappa shape index (κ1) is 10.2. The van der Waals surface area contributed by atoms with Crippen molar-refractivity contribution in [2.24, 2.45) is 11.7 Å². The van der Waals surface area contributed by atoms with Crippen molar-refractivity contribution < 1.29 is 9.90 Å². The Morgan fingerprint density at radius 3 is 2.73 bits per heavy atom. The third-order valence-electron chi connectivity index (χ3n) is 1.56. The fraction of sp³-hybridized carbons (Fsp3) is 0.625. The molecular formula is C8H15NO2. The van der Waals surface area contributed by atoms with Crippen LogP contribution in [0.3, 0.4) is 0 Å². The van der Waals surface area contributed by atoms with Gasteiger partial charge in [0, 0.05) is 0 Å². The van der Waals surface area contributed by atoms with Crippen LogP contribution in [-0.2, 0) is 4.79 Å². The van der Waals surface area contributed by atoms with E-state index < -0.39 is 5.97 Å². The van der Waals surface area contributed by atoms with Crippen LogP contribution in [0.4, 0.5) is 0 Å². The summed E-state index contributed by atoms with van der Waals surface area (Å²) in [6.07, 6.45) is 3.59. The van der Waals surface area contributed by atoms with Gasteiger partial charge in [0.1, 0.15) is 0 Å². The zero-order chi connectivity index (χ0) is 8.69. The molecule has 0 bridgehead atoms. The minimum Gasteiger partial charge on any atom is -0.481 e. The van der Waals surface area contributed by atoms with Gasteiger partial charge in [-0.1, -0.05) is 6.08 Å². The second-order valence-corrected chi connectivity index (χ2v) is 2.49. The van der Waals surface area contributed by atoms with E-state index >= 15 is 0 Å². The van der Waals surface area contributed by atoms with Gasteiger partial charge in [0.15, 0.2) is 0 Å². The summed E-state index contributed by atoms with van der Waals surface area (Å²) in [4.78, 5) is 10.5. The van der Waals surface area contributed by atoms with Crippen molar-refractivity contribution in [3.63, 3.8) is 0 Å². The van der Waals surface area contributed by atoms with Gasteiger partial charge in [-0.15, -0.1) is 6.58 Å². The highest BCUT2D eigenvalue weighted by molar-refractivity contribution is 5.70. The zero-order valence-corrected chi connectivity index (χ0v) is 6.62. The molecule has 3 heteroatoms. The maximum atomic E-state index is 10.5. The smallest absolute Gasteiger partial charge is 0.306 e. The molecule has 0 fully saturated rings. The molecule has 0 saturated heterocycles. The average Bonchev–Trinajstić information content (AvgIpc) is 1.97. The van der Waals surface area contributed by atoms with Crippen LogP contribution in [0.2, 0.25) is 0 Å². The summed E-state index contributed by atoms with van der Waals surface area (Å²) in [5, 5.41) is 8.64. The molecule has 0 spiro atoms. The molecule has 0 radical (unpaired) electrons. The topological polar surface area (TPSA) is 63.3 Å². The fourth-order valence-electron chi connectivity index (χ4n) is 0.908. The van der Waals surface area contributed by atoms with Gasteiger partial charge in [-0.3, -0.25) is 4.79 Å². The molecule has 0 aromatic heterocycles. The number of hydrogen-bond acceptors (Lipinski definition) is 2. The van der Waals surface area contributed by atoms with Crippen LogP contribution in [0.5, 0.6) is 0 Å². The minimum absolute atomic E-state index is 0.295. The van der Waals surface area contributed by atoms with E-state index in [0.29, 0.717) is 19.4 Å². The number of carboxylic acids is 1. The van der Waals surface area contributed by atoms with E-state index in [0.717, 1.165) is 6.42 Å². The summed E-state index contributed by atoms with van der Waals surface area (Å²) in [5.41, 5.74) is 5.25. The standard InChI is InChI=1S/C8H15NO2/c1-2-4-7(8(10)11)5-3-6-9/h2,7H,1,3-6,9H2,(H,10,11). The molecule has 0 aliphatic rings. The average molecular weight is 157 g/mol. The molecule has 0 saturated carbocycles. The molecule has 0 aliphatic carbocycles. The number of carbonyl (C=O) groups is 1. The summed E-state index contributed by atoms with van der Waals surface area (Å²) >= 11 is 0. The van der Waals surface area contributed by atoms with E-state index in [2.05, 4.69) is 6.58 Å². The zero-order valence-electron chi connectivity index (χ0n) is 6.62. The molecule has 0 aliphatic heterocycles. The first-order valence-corrected chi connectivity index (χ1v) is 3.76. The molecule has 0 rings (SSSR count). The summed E-state index contributed by atoms with van der Waals surface area (Å²) in [6, 6.07) is 0. The monoisotopic (exact) mass is 157 g/mol. The fourth-order valence-corrected chi connectivity index (χ4v) is 0.908. The third kappa shape index (κ3) is 4.56. The Labute approximate surface area is 66.9 Å². The number of nitrogens with two attached hydrogens (primary N) is 1. The second kappa shape index (κ2) is 5.92. The molecule has 11 heavy (non-hydrogen) atoms. The maximum Gasteiger partial charge on any atom is 0.306 e. The van der Waals surface area contributed by atoms with Crippen LogP contribution in [0.25, 0.3) is 0 Å². The van der Waals surface area contributed by atoms with E-state index in [1.54, 1.807) is 6.08 Å². The van der Waals surface area contributed by atoms with Crippen LogP contribution in [-0.4, -0.2) is 17.6 Å². The normalized spacial score (nSPS) is 12.5. The molecule has 64 valence electrons. The van der Waals surface area contributed by atoms with Gasteiger partial charge in [0.2, 0.25) is 0 Å². The Balaban J connectivity index is 3.69. The van der Waals surface area contributed by atoms with Crippen LogP contribution in [0.15, 0.2) is 12.7 Å². The van der Waals surface area contributed by atoms with Crippen molar-refractivity contribution in [3.05, 3.63) is 12.7 Å². The molecule has 0 aromatic carbocycles. The van der Waals surface area contributed by atoms with Gasteiger partial charge >= 0.3 is 5.97 Å². The van der Waals surface area contributed by atoms with Crippen molar-refractivity contribution in [1.29, 1.82) is 0 Å². The van der Waals surface area contributed by atoms with E-state index in [1.807, 2.05) is 0 Å². The number of rotatable bonds is 6. The van der Waals surface area contributed by atoms with Gasteiger partial charge in [0.25, 0.3) is 0 Å². The number of allylic oxidation sites excluding steroid dienone is 1. The van der Waals surface area contributed by atoms with Crippen molar-refractivity contribution in [2.45, 2.75) is 19.3 Å². The number of carboxylic acid groups (broad SMARTS) is 1. The van der Waals surface area contributed by atoms with Crippen LogP contribution in [0.1, 0.15) is 19.3 Å². The second-order valence-electron chi connectivity index (χ2n) is 2.49. The van der Waals surface area contributed by atoms with Crippen molar-refractivity contribution in [1.82, 2.24) is 0 Å². The lowest BCUT2D eigenvalue weighted by molar-refractivity contribution is -0.141. The molecule has 0 heterocycles. The molecule has 3 nitrogen and oxygen atoms in total. The quantitative estimate of drug-likeness (QED) is 0.565. The Kier molecular flexibility index (Phi) is 5.47. The number of aliphatic carboxylic acids is 1. The molecule has 1 unspecified atom stereocenters. The Bertz CT molecular complexity index is 134. The van der Waals surface area contributed by atoms with Crippen LogP contribution >= 0.6 is 0 Å². The Morgan fingerprint density at radius 2 is 2.36 bits per heavy atom. The first-order valence-electron chi connectivity index (χ1n) is 3.76. The first-order chi connectivity index (χ1) is 5.22. The van der Waals surface area contributed by atoms with Gasteiger partial charge in [-0.05, 0) is 25.8 Å². The highest BCUT2D eigenvalue weighted by Gasteiger charge is 2.13. The Hall–Kier alpha value is -0.830. The van der Waals surface area contributed by atoms with E-state index in [9.17, 15) is 4.79 Å². The largest absolute Gasteiger partial charge is 0.481 e. The molecule has 1 atom stereocenters. The van der Waals surface area contributed by atoms with Crippen molar-refractivity contribution in [3.8, 4) is 0 Å². The van der Waals surface area contributed by atoms with Gasteiger partial charge in [-0.25, -0.2) is 0 Å². The summed E-state index contributed by atoms with van der Waals surface area (Å²) in [7, 11) is 0.